The van der Waals surface area contributed by atoms with Crippen molar-refractivity contribution in [2.75, 3.05) is 0 Å². The maximum atomic E-state index is 10.7. The fourth-order valence-electron chi connectivity index (χ4n) is 3.80. The Labute approximate surface area is 146 Å². The zero-order valence-corrected chi connectivity index (χ0v) is 15.8. The summed E-state index contributed by atoms with van der Waals surface area (Å²) in [5.41, 5.74) is -0.127. The summed E-state index contributed by atoms with van der Waals surface area (Å²) >= 11 is 0. The summed E-state index contributed by atoms with van der Waals surface area (Å²) in [4.78, 5) is 0. The number of hydrogen-bond donors (Lipinski definition) is 3. The molecular weight excluding hydrogens is 304 g/mol. The Morgan fingerprint density at radius 3 is 2.38 bits per heavy atom. The van der Waals surface area contributed by atoms with Gasteiger partial charge in [-0.05, 0) is 78.7 Å². The largest absolute Gasteiger partial charge is 0.390 e. The van der Waals surface area contributed by atoms with Crippen molar-refractivity contribution in [1.29, 1.82) is 0 Å². The lowest BCUT2D eigenvalue weighted by molar-refractivity contribution is -0.188. The number of rotatable bonds is 0. The van der Waals surface area contributed by atoms with Gasteiger partial charge in [0.2, 0.25) is 0 Å². The van der Waals surface area contributed by atoms with Crippen molar-refractivity contribution in [3.63, 3.8) is 0 Å². The van der Waals surface area contributed by atoms with E-state index in [4.69, 9.17) is 4.74 Å². The molecule has 0 amide bonds. The molecule has 0 aromatic carbocycles. The first kappa shape index (κ1) is 19.6. The Hall–Kier alpha value is -0.680. The highest BCUT2D eigenvalue weighted by Gasteiger charge is 2.45. The molecule has 3 aliphatic rings. The van der Waals surface area contributed by atoms with Crippen LogP contribution in [0.4, 0.5) is 0 Å². The van der Waals surface area contributed by atoms with Crippen LogP contribution in [0.3, 0.4) is 0 Å². The first-order valence-corrected chi connectivity index (χ1v) is 9.12. The summed E-state index contributed by atoms with van der Waals surface area (Å²) in [5, 5.41) is 31.8. The van der Waals surface area contributed by atoms with Crippen LogP contribution in [0.1, 0.15) is 73.1 Å². The predicted octanol–water partition coefficient (Wildman–Crippen LogP) is 3.25. The summed E-state index contributed by atoms with van der Waals surface area (Å²) in [7, 11) is 0. The molecule has 0 aromatic rings. The third-order valence-electron chi connectivity index (χ3n) is 5.81. The number of fused-ring (bicyclic) bond motifs is 10. The van der Waals surface area contributed by atoms with Gasteiger partial charge < -0.3 is 20.1 Å². The molecule has 0 aromatic heterocycles. The van der Waals surface area contributed by atoms with E-state index in [1.165, 1.54) is 5.57 Å². The van der Waals surface area contributed by atoms with Crippen molar-refractivity contribution < 1.29 is 20.1 Å². The molecular formula is C20H34O4. The smallest absolute Gasteiger partial charge is 0.101 e. The van der Waals surface area contributed by atoms with Gasteiger partial charge in [0.25, 0.3) is 0 Å². The highest BCUT2D eigenvalue weighted by Crippen LogP contribution is 2.42. The van der Waals surface area contributed by atoms with E-state index in [1.54, 1.807) is 13.0 Å². The van der Waals surface area contributed by atoms with E-state index in [0.717, 1.165) is 18.4 Å². The molecule has 2 bridgehead atoms. The average molecular weight is 338 g/mol. The zero-order valence-electron chi connectivity index (χ0n) is 15.8. The first-order chi connectivity index (χ1) is 11.0. The van der Waals surface area contributed by atoms with Crippen LogP contribution in [0.25, 0.3) is 0 Å². The molecule has 3 N–H and O–H groups in total. The molecule has 4 unspecified atom stereocenters. The second-order valence-corrected chi connectivity index (χ2v) is 8.56. The van der Waals surface area contributed by atoms with Gasteiger partial charge in [-0.1, -0.05) is 17.7 Å². The second kappa shape index (κ2) is 6.91. The average Bonchev–Trinajstić information content (AvgIpc) is 2.45. The number of aliphatic hydroxyl groups is 3. The van der Waals surface area contributed by atoms with Crippen molar-refractivity contribution in [3.05, 3.63) is 23.3 Å². The Morgan fingerprint density at radius 2 is 1.75 bits per heavy atom. The fraction of sp³-hybridized carbons (Fsp3) is 0.800. The van der Waals surface area contributed by atoms with Gasteiger partial charge in [-0.2, -0.15) is 0 Å². The Bertz CT molecular complexity index is 518. The lowest BCUT2D eigenvalue weighted by atomic mass is 9.78. The monoisotopic (exact) mass is 338 g/mol. The minimum atomic E-state index is -1.16. The lowest BCUT2D eigenvalue weighted by Crippen LogP contribution is -2.52. The first-order valence-electron chi connectivity index (χ1n) is 9.12. The lowest BCUT2D eigenvalue weighted by Gasteiger charge is -2.48. The third-order valence-corrected chi connectivity index (χ3v) is 5.81. The van der Waals surface area contributed by atoms with Crippen molar-refractivity contribution in [2.45, 2.75) is 102 Å². The molecule has 0 radical (unpaired) electrons. The van der Waals surface area contributed by atoms with Crippen LogP contribution in [0.2, 0.25) is 0 Å². The van der Waals surface area contributed by atoms with Crippen LogP contribution < -0.4 is 0 Å². The van der Waals surface area contributed by atoms with Gasteiger partial charge in [0.1, 0.15) is 6.10 Å². The van der Waals surface area contributed by atoms with E-state index < -0.39 is 29.0 Å². The van der Waals surface area contributed by atoms with Gasteiger partial charge in [0.05, 0.1) is 22.9 Å². The van der Waals surface area contributed by atoms with Crippen molar-refractivity contribution >= 4 is 0 Å². The summed E-state index contributed by atoms with van der Waals surface area (Å²) in [6, 6.07) is 0. The van der Waals surface area contributed by atoms with Gasteiger partial charge in [-0.25, -0.2) is 0 Å². The Kier molecular flexibility index (Phi) is 5.65. The van der Waals surface area contributed by atoms with Gasteiger partial charge in [0.15, 0.2) is 0 Å². The van der Waals surface area contributed by atoms with E-state index in [0.29, 0.717) is 25.7 Å². The molecule has 4 nitrogen and oxygen atoms in total. The minimum absolute atomic E-state index is 0.497. The van der Waals surface area contributed by atoms with Crippen LogP contribution in [-0.4, -0.2) is 44.3 Å². The zero-order chi connectivity index (χ0) is 18.2. The Morgan fingerprint density at radius 1 is 1.08 bits per heavy atom. The minimum Gasteiger partial charge on any atom is -0.390 e. The normalized spacial score (nSPS) is 41.3. The van der Waals surface area contributed by atoms with Crippen LogP contribution >= 0.6 is 0 Å². The topological polar surface area (TPSA) is 69.9 Å². The number of ether oxygens (including phenoxy) is 1. The standard InChI is InChI=1S/C20H34O4/c1-14-7-6-11-19(4,23)17(22)13-15-10-12-20(5,16(21)9-8-14)24-18(15,2)3/h7,13,16-17,21-23H,6,8-12H2,1-5H3. The van der Waals surface area contributed by atoms with E-state index in [2.05, 4.69) is 13.0 Å². The molecule has 2 heterocycles. The van der Waals surface area contributed by atoms with Crippen LogP contribution in [0, 0.1) is 0 Å². The van der Waals surface area contributed by atoms with Crippen LogP contribution in [0.15, 0.2) is 23.3 Å². The molecule has 1 fully saturated rings. The molecule has 24 heavy (non-hydrogen) atoms. The number of aliphatic hydroxyl groups excluding tert-OH is 2. The highest BCUT2D eigenvalue weighted by atomic mass is 16.5. The number of hydrogen-bond acceptors (Lipinski definition) is 4. The van der Waals surface area contributed by atoms with Gasteiger partial charge >= 0.3 is 0 Å². The number of allylic oxidation sites excluding steroid dienone is 2. The molecule has 3 rings (SSSR count). The molecule has 0 spiro atoms. The summed E-state index contributed by atoms with van der Waals surface area (Å²) in [5.74, 6) is 0. The molecule has 4 atom stereocenters. The SMILES string of the molecule is CC1=CCCC(C)(O)C(O)C=C2CCC(C)(OC2(C)C)C(O)CC1. The van der Waals surface area contributed by atoms with Crippen molar-refractivity contribution in [3.8, 4) is 0 Å². The summed E-state index contributed by atoms with van der Waals surface area (Å²) in [6.45, 7) is 9.67. The van der Waals surface area contributed by atoms with E-state index in [-0.39, 0.29) is 0 Å². The fourth-order valence-corrected chi connectivity index (χ4v) is 3.80. The molecule has 4 heteroatoms. The van der Waals surface area contributed by atoms with E-state index in [9.17, 15) is 15.3 Å². The molecule has 0 saturated carbocycles. The molecule has 1 aliphatic carbocycles. The summed E-state index contributed by atoms with van der Waals surface area (Å²) in [6.07, 6.45) is 6.57. The Balaban J connectivity index is 2.37. The molecule has 138 valence electrons. The van der Waals surface area contributed by atoms with Crippen molar-refractivity contribution in [1.82, 2.24) is 0 Å². The maximum absolute atomic E-state index is 10.7. The second-order valence-electron chi connectivity index (χ2n) is 8.56. The van der Waals surface area contributed by atoms with Crippen molar-refractivity contribution in [2.24, 2.45) is 0 Å². The van der Waals surface area contributed by atoms with Gasteiger partial charge in [0, 0.05) is 0 Å². The highest BCUT2D eigenvalue weighted by molar-refractivity contribution is 5.22. The van der Waals surface area contributed by atoms with Gasteiger partial charge in [-0.3, -0.25) is 0 Å². The van der Waals surface area contributed by atoms with Crippen LogP contribution in [-0.2, 0) is 4.74 Å². The van der Waals surface area contributed by atoms with Gasteiger partial charge in [-0.15, -0.1) is 0 Å². The maximum Gasteiger partial charge on any atom is 0.101 e. The quantitative estimate of drug-likeness (QED) is 0.593. The molecule has 2 aliphatic heterocycles. The summed E-state index contributed by atoms with van der Waals surface area (Å²) < 4.78 is 6.30. The predicted molar refractivity (Wildman–Crippen MR) is 95.7 cm³/mol. The molecule has 1 saturated heterocycles. The van der Waals surface area contributed by atoms with E-state index >= 15 is 0 Å². The van der Waals surface area contributed by atoms with Crippen LogP contribution in [0.5, 0.6) is 0 Å². The van der Waals surface area contributed by atoms with E-state index in [1.807, 2.05) is 20.8 Å². The third kappa shape index (κ3) is 4.29.